The molecule has 0 bridgehead atoms. The zero-order valence-corrected chi connectivity index (χ0v) is 24.2. The number of aliphatic carboxylic acids is 1. The summed E-state index contributed by atoms with van der Waals surface area (Å²) in [6, 6.07) is 11.0. The van der Waals surface area contributed by atoms with E-state index >= 15 is 0 Å². The fourth-order valence-corrected chi connectivity index (χ4v) is 6.58. The summed E-state index contributed by atoms with van der Waals surface area (Å²) in [4.78, 5) is 12.4. The van der Waals surface area contributed by atoms with Gasteiger partial charge in [0.05, 0.1) is 10.6 Å². The van der Waals surface area contributed by atoms with Gasteiger partial charge >= 0.3 is 5.97 Å². The summed E-state index contributed by atoms with van der Waals surface area (Å²) < 4.78 is 61.8. The Bertz CT molecular complexity index is 1590. The number of sulfonamides is 2. The standard InChI is InChI=1S/C23H22Cl2N4O6S3/c1-15-12-21(20(13-19(15)25)36-14-22(30)31)38(34,35)27-23(29-10-8-17(9-11-29)28(2)3)26-37(32,33)18-6-4-16(24)5-7-18/h4-13H,14H2,1-3H3,(H-,26,27,30,31). The fraction of sp³-hybridized carbons (Fsp3) is 0.174. The summed E-state index contributed by atoms with van der Waals surface area (Å²) in [6.45, 7) is 1.57. The zero-order chi connectivity index (χ0) is 28.3. The number of carboxylic acid groups (broad SMARTS) is 1. The van der Waals surface area contributed by atoms with Crippen LogP contribution in [0.3, 0.4) is 0 Å². The number of pyridine rings is 1. The van der Waals surface area contributed by atoms with E-state index in [4.69, 9.17) is 28.3 Å². The van der Waals surface area contributed by atoms with Crippen molar-refractivity contribution in [1.29, 1.82) is 0 Å². The molecule has 0 amide bonds. The highest BCUT2D eigenvalue weighted by molar-refractivity contribution is 8.00. The van der Waals surface area contributed by atoms with Gasteiger partial charge in [-0.05, 0) is 61.0 Å². The largest absolute Gasteiger partial charge is 0.481 e. The lowest BCUT2D eigenvalue weighted by molar-refractivity contribution is -0.553. The minimum Gasteiger partial charge on any atom is -0.481 e. The summed E-state index contributed by atoms with van der Waals surface area (Å²) in [7, 11) is -5.43. The number of benzene rings is 2. The van der Waals surface area contributed by atoms with Gasteiger partial charge in [-0.3, -0.25) is 9.36 Å². The molecule has 0 aliphatic heterocycles. The number of anilines is 1. The Morgan fingerprint density at radius 2 is 1.66 bits per heavy atom. The first-order valence-corrected chi connectivity index (χ1v) is 15.2. The summed E-state index contributed by atoms with van der Waals surface area (Å²) in [5, 5.41) is 9.60. The fourth-order valence-electron chi connectivity index (χ4n) is 2.98. The van der Waals surface area contributed by atoms with Crippen molar-refractivity contribution in [2.75, 3.05) is 24.7 Å². The molecule has 3 aromatic rings. The van der Waals surface area contributed by atoms with Crippen LogP contribution in [0.25, 0.3) is 4.72 Å². The third-order valence-electron chi connectivity index (χ3n) is 4.93. The average molecular weight is 618 g/mol. The molecule has 0 atom stereocenters. The molecule has 0 aliphatic carbocycles. The number of halogens is 2. The second-order valence-electron chi connectivity index (χ2n) is 7.98. The van der Waals surface area contributed by atoms with E-state index in [1.54, 1.807) is 38.1 Å². The molecule has 1 heterocycles. The van der Waals surface area contributed by atoms with Gasteiger partial charge in [0.1, 0.15) is 4.90 Å². The van der Waals surface area contributed by atoms with E-state index in [9.17, 15) is 21.6 Å². The Kier molecular flexibility index (Phi) is 9.31. The van der Waals surface area contributed by atoms with Crippen molar-refractivity contribution in [3.63, 3.8) is 0 Å². The maximum Gasteiger partial charge on any atom is 0.313 e. The van der Waals surface area contributed by atoms with Crippen LogP contribution in [0.15, 0.2) is 80.0 Å². The molecule has 0 saturated heterocycles. The molecule has 38 heavy (non-hydrogen) atoms. The molecule has 0 unspecified atom stereocenters. The van der Waals surface area contributed by atoms with Crippen molar-refractivity contribution >= 4 is 72.6 Å². The van der Waals surface area contributed by atoms with Crippen LogP contribution < -0.4 is 9.47 Å². The highest BCUT2D eigenvalue weighted by atomic mass is 35.5. The third-order valence-corrected chi connectivity index (χ3v) is 9.33. The van der Waals surface area contributed by atoms with E-state index in [2.05, 4.69) is 9.12 Å². The highest BCUT2D eigenvalue weighted by Gasteiger charge is 2.26. The topological polar surface area (TPSA) is 139 Å². The molecule has 0 saturated carbocycles. The van der Waals surface area contributed by atoms with Crippen LogP contribution >= 0.6 is 35.0 Å². The zero-order valence-electron chi connectivity index (χ0n) is 20.2. The maximum absolute atomic E-state index is 13.5. The SMILES string of the molecule is Cc1cc(S(=O)(=O)/N=C(\[N-]S(=O)(=O)c2ccc(Cl)cc2)[n+]2ccc(N(C)C)cc2)c(SCC(=O)O)cc1Cl. The van der Waals surface area contributed by atoms with Crippen LogP contribution in [-0.2, 0) is 24.8 Å². The summed E-state index contributed by atoms with van der Waals surface area (Å²) in [6.07, 6.45) is 2.83. The number of carbonyl (C=O) groups is 1. The lowest BCUT2D eigenvalue weighted by atomic mass is 10.2. The number of aryl methyl sites for hydroxylation is 1. The van der Waals surface area contributed by atoms with Crippen LogP contribution in [-0.4, -0.2) is 53.7 Å². The molecule has 0 spiro atoms. The van der Waals surface area contributed by atoms with Crippen LogP contribution in [0.5, 0.6) is 0 Å². The van der Waals surface area contributed by atoms with E-state index in [1.165, 1.54) is 48.8 Å². The van der Waals surface area contributed by atoms with Crippen LogP contribution in [0.2, 0.25) is 10.0 Å². The van der Waals surface area contributed by atoms with Gasteiger partial charge in [0, 0.05) is 47.1 Å². The lowest BCUT2D eigenvalue weighted by Crippen LogP contribution is -2.43. The molecular formula is C23H22Cl2N4O6S3. The molecule has 202 valence electrons. The van der Waals surface area contributed by atoms with Crippen molar-refractivity contribution in [2.24, 2.45) is 4.40 Å². The van der Waals surface area contributed by atoms with E-state index in [1.807, 2.05) is 0 Å². The first-order valence-electron chi connectivity index (χ1n) is 10.6. The Morgan fingerprint density at radius 1 is 1.05 bits per heavy atom. The second kappa shape index (κ2) is 11.9. The smallest absolute Gasteiger partial charge is 0.313 e. The molecule has 2 aromatic carbocycles. The molecule has 0 fully saturated rings. The van der Waals surface area contributed by atoms with E-state index < -0.39 is 37.7 Å². The number of rotatable bonds is 8. The normalized spacial score (nSPS) is 12.3. The first kappa shape index (κ1) is 29.7. The number of aromatic nitrogens is 1. The molecule has 0 radical (unpaired) electrons. The summed E-state index contributed by atoms with van der Waals surface area (Å²) >= 11 is 12.7. The monoisotopic (exact) mass is 616 g/mol. The predicted molar refractivity (Wildman–Crippen MR) is 148 cm³/mol. The van der Waals surface area contributed by atoms with Crippen molar-refractivity contribution in [1.82, 2.24) is 0 Å². The van der Waals surface area contributed by atoms with Crippen LogP contribution in [0, 0.1) is 6.92 Å². The van der Waals surface area contributed by atoms with Gasteiger partial charge in [0.2, 0.25) is 0 Å². The van der Waals surface area contributed by atoms with Gasteiger partial charge in [-0.25, -0.2) is 0 Å². The van der Waals surface area contributed by atoms with Crippen molar-refractivity contribution in [2.45, 2.75) is 21.6 Å². The third kappa shape index (κ3) is 7.38. The van der Waals surface area contributed by atoms with Gasteiger partial charge in [0.25, 0.3) is 26.0 Å². The summed E-state index contributed by atoms with van der Waals surface area (Å²) in [5.41, 5.74) is 1.15. The molecular weight excluding hydrogens is 595 g/mol. The maximum atomic E-state index is 13.5. The Balaban J connectivity index is 2.18. The molecule has 3 rings (SSSR count). The second-order valence-corrected chi connectivity index (χ2v) is 13.0. The van der Waals surface area contributed by atoms with Gasteiger partial charge in [-0.2, -0.15) is 16.8 Å². The van der Waals surface area contributed by atoms with Gasteiger partial charge in [-0.1, -0.05) is 23.2 Å². The van der Waals surface area contributed by atoms with Crippen LogP contribution in [0.1, 0.15) is 5.56 Å². The Hall–Kier alpha value is -2.84. The quantitative estimate of drug-likeness (QED) is 0.172. The number of hydrogen-bond donors (Lipinski definition) is 1. The van der Waals surface area contributed by atoms with Crippen molar-refractivity contribution < 1.29 is 31.3 Å². The Morgan fingerprint density at radius 3 is 2.21 bits per heavy atom. The van der Waals surface area contributed by atoms with Crippen molar-refractivity contribution in [3.05, 3.63) is 81.3 Å². The molecule has 1 aromatic heterocycles. The predicted octanol–water partition coefficient (Wildman–Crippen LogP) is 4.19. The van der Waals surface area contributed by atoms with E-state index in [0.717, 1.165) is 22.0 Å². The van der Waals surface area contributed by atoms with Gasteiger partial charge in [-0.15, -0.1) is 20.9 Å². The van der Waals surface area contributed by atoms with Crippen molar-refractivity contribution in [3.8, 4) is 0 Å². The first-order chi connectivity index (χ1) is 17.7. The minimum atomic E-state index is -4.61. The van der Waals surface area contributed by atoms with Crippen LogP contribution in [0.4, 0.5) is 5.69 Å². The van der Waals surface area contributed by atoms with Gasteiger partial charge in [0.15, 0.2) is 0 Å². The lowest BCUT2D eigenvalue weighted by Gasteiger charge is -2.15. The van der Waals surface area contributed by atoms with E-state index in [-0.39, 0.29) is 19.7 Å². The number of thioether (sulfide) groups is 1. The summed E-state index contributed by atoms with van der Waals surface area (Å²) in [5.74, 6) is -2.26. The average Bonchev–Trinajstić information content (AvgIpc) is 2.84. The molecule has 10 nitrogen and oxygen atoms in total. The Labute approximate surface area is 235 Å². The minimum absolute atomic E-state index is 0.0413. The highest BCUT2D eigenvalue weighted by Crippen LogP contribution is 2.33. The molecule has 1 N–H and O–H groups in total. The number of nitrogens with zero attached hydrogens (tertiary/aromatic N) is 4. The number of carboxylic acids is 1. The number of hydrogen-bond acceptors (Lipinski definition) is 7. The molecule has 0 aliphatic rings. The molecule has 15 heteroatoms. The van der Waals surface area contributed by atoms with Gasteiger partial charge < -0.3 is 10.0 Å². The van der Waals surface area contributed by atoms with E-state index in [0.29, 0.717) is 10.6 Å².